The van der Waals surface area contributed by atoms with Crippen molar-refractivity contribution in [1.29, 1.82) is 0 Å². The highest BCUT2D eigenvalue weighted by atomic mass is 19.4. The van der Waals surface area contributed by atoms with E-state index in [2.05, 4.69) is 10.1 Å². The number of benzene rings is 3. The molecule has 0 aliphatic carbocycles. The van der Waals surface area contributed by atoms with Gasteiger partial charge < -0.3 is 9.30 Å². The number of para-hydroxylation sites is 1. The van der Waals surface area contributed by atoms with Crippen molar-refractivity contribution in [3.05, 3.63) is 116 Å². The molecular formula is C29H22F3N5O4. The molecule has 2 heterocycles. The van der Waals surface area contributed by atoms with Gasteiger partial charge in [-0.3, -0.25) is 14.9 Å². The van der Waals surface area contributed by atoms with Crippen LogP contribution in [0.3, 0.4) is 0 Å². The Morgan fingerprint density at radius 1 is 1.02 bits per heavy atom. The van der Waals surface area contributed by atoms with Gasteiger partial charge in [-0.15, -0.1) is 0 Å². The number of hydrogen-bond donors (Lipinski definition) is 0. The van der Waals surface area contributed by atoms with Crippen molar-refractivity contribution in [1.82, 2.24) is 14.2 Å². The van der Waals surface area contributed by atoms with Gasteiger partial charge in [0.05, 0.1) is 40.4 Å². The quantitative estimate of drug-likeness (QED) is 0.138. The maximum Gasteiger partial charge on any atom is 0.416 e. The van der Waals surface area contributed by atoms with Crippen molar-refractivity contribution in [3.8, 4) is 22.8 Å². The Balaban J connectivity index is 1.67. The maximum atomic E-state index is 13.5. The van der Waals surface area contributed by atoms with E-state index >= 15 is 0 Å². The van der Waals surface area contributed by atoms with Gasteiger partial charge >= 0.3 is 6.18 Å². The number of nitro benzene ring substituents is 1. The van der Waals surface area contributed by atoms with Crippen LogP contribution in [0.2, 0.25) is 0 Å². The topological polar surface area (TPSA) is 105 Å². The number of aromatic nitrogens is 3. The first-order valence-electron chi connectivity index (χ1n) is 12.2. The molecule has 0 unspecified atom stereocenters. The summed E-state index contributed by atoms with van der Waals surface area (Å²) in [5.41, 5.74) is 1.13. The predicted molar refractivity (Wildman–Crippen MR) is 148 cm³/mol. The first kappa shape index (κ1) is 27.3. The number of methoxy groups -OCH3 is 1. The molecule has 0 atom stereocenters. The largest absolute Gasteiger partial charge is 0.495 e. The summed E-state index contributed by atoms with van der Waals surface area (Å²) in [5, 5.41) is 16.0. The zero-order valence-electron chi connectivity index (χ0n) is 22.0. The molecule has 0 fully saturated rings. The number of hydrogen-bond acceptors (Lipinski definition) is 6. The molecule has 2 aromatic heterocycles. The third-order valence-corrected chi connectivity index (χ3v) is 6.60. The lowest BCUT2D eigenvalue weighted by molar-refractivity contribution is -0.384. The Morgan fingerprint density at radius 3 is 2.49 bits per heavy atom. The molecule has 5 rings (SSSR count). The Kier molecular flexibility index (Phi) is 6.91. The van der Waals surface area contributed by atoms with Crippen LogP contribution in [0.15, 0.2) is 82.7 Å². The summed E-state index contributed by atoms with van der Waals surface area (Å²) in [5.74, 6) is 0.341. The second-order valence-corrected chi connectivity index (χ2v) is 9.17. The van der Waals surface area contributed by atoms with Crippen molar-refractivity contribution >= 4 is 22.8 Å². The molecule has 5 aromatic rings. The van der Waals surface area contributed by atoms with Crippen LogP contribution in [0.4, 0.5) is 18.9 Å². The molecule has 3 aromatic carbocycles. The Hall–Kier alpha value is -5.26. The smallest absolute Gasteiger partial charge is 0.416 e. The minimum absolute atomic E-state index is 0.0617. The summed E-state index contributed by atoms with van der Waals surface area (Å²) in [6.07, 6.45) is -3.19. The zero-order valence-corrected chi connectivity index (χ0v) is 22.0. The minimum atomic E-state index is -4.59. The average molecular weight is 562 g/mol. The molecule has 9 nitrogen and oxygen atoms in total. The molecule has 41 heavy (non-hydrogen) atoms. The third-order valence-electron chi connectivity index (χ3n) is 6.60. The second kappa shape index (κ2) is 10.4. The normalized spacial score (nSPS) is 11.9. The van der Waals surface area contributed by atoms with E-state index < -0.39 is 22.2 Å². The number of aryl methyl sites for hydroxylation is 1. The molecule has 0 radical (unpaired) electrons. The van der Waals surface area contributed by atoms with Gasteiger partial charge in [0.25, 0.3) is 11.2 Å². The maximum absolute atomic E-state index is 13.5. The van der Waals surface area contributed by atoms with Gasteiger partial charge in [-0.05, 0) is 50.2 Å². The van der Waals surface area contributed by atoms with Gasteiger partial charge in [0, 0.05) is 34.6 Å². The summed E-state index contributed by atoms with van der Waals surface area (Å²) < 4.78 is 48.5. The highest BCUT2D eigenvalue weighted by Gasteiger charge is 2.31. The molecule has 0 aliphatic heterocycles. The van der Waals surface area contributed by atoms with Crippen molar-refractivity contribution in [2.24, 2.45) is 5.10 Å². The molecule has 12 heteroatoms. The van der Waals surface area contributed by atoms with Crippen LogP contribution in [0.5, 0.6) is 5.75 Å². The number of alkyl halides is 3. The fraction of sp³-hybridized carbons (Fsp3) is 0.138. The molecule has 208 valence electrons. The summed E-state index contributed by atoms with van der Waals surface area (Å²) in [6.45, 7) is 3.56. The van der Waals surface area contributed by atoms with E-state index in [0.717, 1.165) is 16.8 Å². The molecule has 0 bridgehead atoms. The first-order valence-corrected chi connectivity index (χ1v) is 12.2. The average Bonchev–Trinajstić information content (AvgIpc) is 3.23. The van der Waals surface area contributed by atoms with E-state index in [1.165, 1.54) is 43.7 Å². The van der Waals surface area contributed by atoms with Crippen molar-refractivity contribution in [2.75, 3.05) is 7.11 Å². The van der Waals surface area contributed by atoms with E-state index in [-0.39, 0.29) is 22.5 Å². The second-order valence-electron chi connectivity index (χ2n) is 9.17. The van der Waals surface area contributed by atoms with Crippen LogP contribution in [0, 0.1) is 24.0 Å². The summed E-state index contributed by atoms with van der Waals surface area (Å²) >= 11 is 0. The number of halogens is 3. The van der Waals surface area contributed by atoms with Crippen LogP contribution in [0.1, 0.15) is 22.5 Å². The monoisotopic (exact) mass is 561 g/mol. The first-order chi connectivity index (χ1) is 19.5. The fourth-order valence-corrected chi connectivity index (χ4v) is 4.63. The van der Waals surface area contributed by atoms with Gasteiger partial charge in [-0.2, -0.15) is 22.9 Å². The lowest BCUT2D eigenvalue weighted by atomic mass is 10.1. The minimum Gasteiger partial charge on any atom is -0.495 e. The SMILES string of the molecule is COc1ccc([N+](=O)[O-])cc1-n1c(C)cc(C=Nn2c(-c3cccc(C(F)(F)F)c3)nc3ccccc3c2=O)c1C. The zero-order chi connectivity index (χ0) is 29.5. The number of rotatable bonds is 6. The number of nitrogens with zero attached hydrogens (tertiary/aromatic N) is 5. The standard InChI is InChI=1S/C29H22F3N5O4/c1-17-13-20(18(2)35(17)25-15-22(37(39)40)11-12-26(25)41-3)16-33-36-27(19-7-6-8-21(14-19)29(30,31)32)34-24-10-5-4-9-23(24)28(36)38/h4-16H,1-3H3. The number of non-ortho nitro benzene ring substituents is 1. The van der Waals surface area contributed by atoms with Crippen LogP contribution in [-0.2, 0) is 6.18 Å². The Labute approximate surface area is 230 Å². The fourth-order valence-electron chi connectivity index (χ4n) is 4.63. The number of ether oxygens (including phenoxy) is 1. The highest BCUT2D eigenvalue weighted by molar-refractivity contribution is 5.84. The molecule has 0 saturated carbocycles. The lowest BCUT2D eigenvalue weighted by Gasteiger charge is -2.14. The molecule has 0 spiro atoms. The highest BCUT2D eigenvalue weighted by Crippen LogP contribution is 2.33. The lowest BCUT2D eigenvalue weighted by Crippen LogP contribution is -2.20. The Morgan fingerprint density at radius 2 is 1.78 bits per heavy atom. The van der Waals surface area contributed by atoms with E-state index in [9.17, 15) is 28.1 Å². The summed E-state index contributed by atoms with van der Waals surface area (Å²) in [6, 6.07) is 17.0. The van der Waals surface area contributed by atoms with Crippen molar-refractivity contribution in [3.63, 3.8) is 0 Å². The molecule has 0 amide bonds. The number of fused-ring (bicyclic) bond motifs is 1. The van der Waals surface area contributed by atoms with Gasteiger partial charge in [-0.1, -0.05) is 24.3 Å². The number of nitro groups is 1. The predicted octanol–water partition coefficient (Wildman–Crippen LogP) is 6.29. The van der Waals surface area contributed by atoms with E-state index in [0.29, 0.717) is 33.9 Å². The third kappa shape index (κ3) is 5.07. The summed E-state index contributed by atoms with van der Waals surface area (Å²) in [4.78, 5) is 28.9. The Bertz CT molecular complexity index is 1910. The van der Waals surface area contributed by atoms with E-state index in [1.807, 2.05) is 0 Å². The van der Waals surface area contributed by atoms with E-state index in [1.54, 1.807) is 48.7 Å². The molecule has 0 saturated heterocycles. The van der Waals surface area contributed by atoms with Gasteiger partial charge in [0.2, 0.25) is 0 Å². The van der Waals surface area contributed by atoms with Crippen LogP contribution in [0.25, 0.3) is 28.0 Å². The van der Waals surface area contributed by atoms with Crippen molar-refractivity contribution < 1.29 is 22.8 Å². The van der Waals surface area contributed by atoms with Crippen LogP contribution < -0.4 is 10.3 Å². The van der Waals surface area contributed by atoms with Crippen LogP contribution in [-0.4, -0.2) is 32.5 Å². The van der Waals surface area contributed by atoms with Gasteiger partial charge in [0.1, 0.15) is 5.75 Å². The molecular weight excluding hydrogens is 539 g/mol. The van der Waals surface area contributed by atoms with Crippen molar-refractivity contribution in [2.45, 2.75) is 20.0 Å². The molecule has 0 aliphatic rings. The summed E-state index contributed by atoms with van der Waals surface area (Å²) in [7, 11) is 1.45. The molecule has 0 N–H and O–H groups in total. The van der Waals surface area contributed by atoms with Crippen LogP contribution >= 0.6 is 0 Å². The van der Waals surface area contributed by atoms with Gasteiger partial charge in [0.15, 0.2) is 5.82 Å². The van der Waals surface area contributed by atoms with E-state index in [4.69, 9.17) is 4.74 Å². The van der Waals surface area contributed by atoms with Gasteiger partial charge in [-0.25, -0.2) is 4.98 Å².